The average molecular weight is 444 g/mol. The molecule has 3 nitrogen and oxygen atoms in total. The molecule has 0 heterocycles. The molecule has 0 saturated heterocycles. The molecule has 0 aliphatic heterocycles. The van der Waals surface area contributed by atoms with E-state index in [0.717, 1.165) is 12.1 Å². The van der Waals surface area contributed by atoms with Gasteiger partial charge in [-0.05, 0) is 52.3 Å². The molecule has 106 valence electrons. The summed E-state index contributed by atoms with van der Waals surface area (Å²) in [6, 6.07) is 8.20. The van der Waals surface area contributed by atoms with Crippen LogP contribution in [0.3, 0.4) is 0 Å². The Labute approximate surface area is 137 Å². The lowest BCUT2D eigenvalue weighted by Crippen LogP contribution is -2.13. The maximum Gasteiger partial charge on any atom is 0.263 e. The van der Waals surface area contributed by atoms with E-state index in [1.165, 1.54) is 12.1 Å². The maximum absolute atomic E-state index is 13.2. The van der Waals surface area contributed by atoms with Gasteiger partial charge in [0.15, 0.2) is 0 Å². The molecular weight excluding hydrogens is 436 g/mol. The van der Waals surface area contributed by atoms with E-state index in [9.17, 15) is 12.8 Å². The van der Waals surface area contributed by atoms with Crippen LogP contribution in [-0.4, -0.2) is 8.42 Å². The summed E-state index contributed by atoms with van der Waals surface area (Å²) < 4.78 is 41.0. The molecule has 2 aromatic carbocycles. The Morgan fingerprint density at radius 2 is 1.80 bits per heavy atom. The lowest BCUT2D eigenvalue weighted by Gasteiger charge is -2.10. The highest BCUT2D eigenvalue weighted by Crippen LogP contribution is 2.28. The quantitative estimate of drug-likeness (QED) is 0.741. The minimum absolute atomic E-state index is 0.0345. The van der Waals surface area contributed by atoms with Gasteiger partial charge in [0, 0.05) is 14.0 Å². The van der Waals surface area contributed by atoms with Crippen LogP contribution < -0.4 is 4.72 Å². The highest BCUT2D eigenvalue weighted by atomic mass is 79.9. The third-order valence-electron chi connectivity index (χ3n) is 2.30. The first-order valence-corrected chi connectivity index (χ1v) is 8.66. The molecule has 0 aliphatic rings. The predicted octanol–water partition coefficient (Wildman–Crippen LogP) is 4.80. The molecule has 0 aliphatic carbocycles. The number of sulfonamides is 1. The summed E-state index contributed by atoms with van der Waals surface area (Å²) in [6.07, 6.45) is 0. The van der Waals surface area contributed by atoms with Gasteiger partial charge in [-0.15, -0.1) is 0 Å². The van der Waals surface area contributed by atoms with E-state index in [1.807, 2.05) is 0 Å². The number of anilines is 1. The summed E-state index contributed by atoms with van der Waals surface area (Å²) >= 11 is 12.1. The summed E-state index contributed by atoms with van der Waals surface area (Å²) in [6.45, 7) is 0. The summed E-state index contributed by atoms with van der Waals surface area (Å²) in [7, 11) is -3.85. The van der Waals surface area contributed by atoms with E-state index in [-0.39, 0.29) is 15.6 Å². The SMILES string of the molecule is O=S(=O)(Nc1cc(F)cc(Cl)c1)c1cc(Br)ccc1Br. The molecule has 0 radical (unpaired) electrons. The van der Waals surface area contributed by atoms with Gasteiger partial charge in [-0.1, -0.05) is 27.5 Å². The van der Waals surface area contributed by atoms with Crippen molar-refractivity contribution < 1.29 is 12.8 Å². The highest BCUT2D eigenvalue weighted by molar-refractivity contribution is 9.11. The van der Waals surface area contributed by atoms with Crippen molar-refractivity contribution in [2.24, 2.45) is 0 Å². The molecule has 8 heteroatoms. The fourth-order valence-corrected chi connectivity index (χ4v) is 4.27. The standard InChI is InChI=1S/C12H7Br2ClFNO2S/c13-7-1-2-11(14)12(3-7)20(18,19)17-10-5-8(15)4-9(16)6-10/h1-6,17H. The van der Waals surface area contributed by atoms with Gasteiger partial charge in [0.05, 0.1) is 5.69 Å². The smallest absolute Gasteiger partial charge is 0.263 e. The van der Waals surface area contributed by atoms with Crippen LogP contribution in [0.5, 0.6) is 0 Å². The lowest BCUT2D eigenvalue weighted by molar-refractivity contribution is 0.600. The Morgan fingerprint density at radius 1 is 1.10 bits per heavy atom. The van der Waals surface area contributed by atoms with Gasteiger partial charge in [-0.3, -0.25) is 4.72 Å². The van der Waals surface area contributed by atoms with Crippen LogP contribution in [0.4, 0.5) is 10.1 Å². The zero-order valence-electron chi connectivity index (χ0n) is 9.70. The monoisotopic (exact) mass is 441 g/mol. The predicted molar refractivity (Wildman–Crippen MR) is 84.1 cm³/mol. The first-order chi connectivity index (χ1) is 9.28. The number of hydrogen-bond acceptors (Lipinski definition) is 2. The molecule has 0 saturated carbocycles. The zero-order valence-corrected chi connectivity index (χ0v) is 14.4. The first kappa shape index (κ1) is 15.8. The lowest BCUT2D eigenvalue weighted by atomic mass is 10.3. The molecular formula is C12H7Br2ClFNO2S. The van der Waals surface area contributed by atoms with Gasteiger partial charge in [0.2, 0.25) is 0 Å². The van der Waals surface area contributed by atoms with E-state index >= 15 is 0 Å². The number of benzene rings is 2. The molecule has 2 rings (SSSR count). The van der Waals surface area contributed by atoms with Crippen LogP contribution >= 0.6 is 43.5 Å². The third kappa shape index (κ3) is 3.72. The van der Waals surface area contributed by atoms with Crippen molar-refractivity contribution >= 4 is 59.2 Å². The van der Waals surface area contributed by atoms with Crippen molar-refractivity contribution in [1.29, 1.82) is 0 Å². The third-order valence-corrected chi connectivity index (χ3v) is 5.38. The summed E-state index contributed by atoms with van der Waals surface area (Å²) in [5, 5.41) is 0.107. The number of hydrogen-bond donors (Lipinski definition) is 1. The maximum atomic E-state index is 13.2. The van der Waals surface area contributed by atoms with Gasteiger partial charge < -0.3 is 0 Å². The number of rotatable bonds is 3. The highest BCUT2D eigenvalue weighted by Gasteiger charge is 2.18. The fraction of sp³-hybridized carbons (Fsp3) is 0. The molecule has 20 heavy (non-hydrogen) atoms. The molecule has 0 fully saturated rings. The van der Waals surface area contributed by atoms with Crippen molar-refractivity contribution in [3.05, 3.63) is 56.2 Å². The minimum Gasteiger partial charge on any atom is -0.279 e. The Balaban J connectivity index is 2.43. The second-order valence-electron chi connectivity index (χ2n) is 3.84. The molecule has 0 aromatic heterocycles. The first-order valence-electron chi connectivity index (χ1n) is 5.22. The van der Waals surface area contributed by atoms with Gasteiger partial charge in [-0.2, -0.15) is 0 Å². The normalized spacial score (nSPS) is 11.4. The second kappa shape index (κ2) is 6.01. The largest absolute Gasteiger partial charge is 0.279 e. The van der Waals surface area contributed by atoms with Crippen molar-refractivity contribution in [1.82, 2.24) is 0 Å². The molecule has 0 spiro atoms. The van der Waals surface area contributed by atoms with Crippen LogP contribution in [0, 0.1) is 5.82 Å². The van der Waals surface area contributed by atoms with Crippen LogP contribution in [0.15, 0.2) is 50.2 Å². The van der Waals surface area contributed by atoms with Crippen molar-refractivity contribution in [3.63, 3.8) is 0 Å². The Morgan fingerprint density at radius 3 is 2.45 bits per heavy atom. The van der Waals surface area contributed by atoms with E-state index in [0.29, 0.717) is 8.95 Å². The van der Waals surface area contributed by atoms with Gasteiger partial charge >= 0.3 is 0 Å². The van der Waals surface area contributed by atoms with Crippen LogP contribution in [0.1, 0.15) is 0 Å². The fourth-order valence-electron chi connectivity index (χ4n) is 1.51. The van der Waals surface area contributed by atoms with E-state index < -0.39 is 15.8 Å². The van der Waals surface area contributed by atoms with E-state index in [2.05, 4.69) is 36.6 Å². The average Bonchev–Trinajstić information content (AvgIpc) is 2.30. The topological polar surface area (TPSA) is 46.2 Å². The summed E-state index contributed by atoms with van der Waals surface area (Å²) in [5.41, 5.74) is 0.0573. The molecule has 0 atom stereocenters. The molecule has 2 aromatic rings. The van der Waals surface area contributed by atoms with E-state index in [1.54, 1.807) is 12.1 Å². The van der Waals surface area contributed by atoms with Crippen LogP contribution in [0.2, 0.25) is 5.02 Å². The molecule has 0 bridgehead atoms. The van der Waals surface area contributed by atoms with Gasteiger partial charge in [-0.25, -0.2) is 12.8 Å². The Kier molecular flexibility index (Phi) is 4.73. The van der Waals surface area contributed by atoms with Gasteiger partial charge in [0.25, 0.3) is 10.0 Å². The Hall–Kier alpha value is -0.630. The summed E-state index contributed by atoms with van der Waals surface area (Å²) in [4.78, 5) is 0.0345. The van der Waals surface area contributed by atoms with Crippen LogP contribution in [0.25, 0.3) is 0 Å². The van der Waals surface area contributed by atoms with E-state index in [4.69, 9.17) is 11.6 Å². The molecule has 0 unspecified atom stereocenters. The molecule has 1 N–H and O–H groups in total. The molecule has 0 amide bonds. The Bertz CT molecular complexity index is 748. The van der Waals surface area contributed by atoms with Gasteiger partial charge in [0.1, 0.15) is 10.7 Å². The minimum atomic E-state index is -3.85. The van der Waals surface area contributed by atoms with Crippen molar-refractivity contribution in [2.45, 2.75) is 4.90 Å². The number of halogens is 4. The van der Waals surface area contributed by atoms with Crippen molar-refractivity contribution in [2.75, 3.05) is 4.72 Å². The number of nitrogens with one attached hydrogen (secondary N) is 1. The second-order valence-corrected chi connectivity index (χ2v) is 7.70. The summed E-state index contributed by atoms with van der Waals surface area (Å²) in [5.74, 6) is -0.622. The van der Waals surface area contributed by atoms with Crippen LogP contribution in [-0.2, 0) is 10.0 Å². The zero-order chi connectivity index (χ0) is 14.9. The van der Waals surface area contributed by atoms with Crippen molar-refractivity contribution in [3.8, 4) is 0 Å².